The molecule has 55 heavy (non-hydrogen) atoms. The summed E-state index contributed by atoms with van der Waals surface area (Å²) in [5.74, 6) is 0.760. The quantitative estimate of drug-likeness (QED) is 0.255. The minimum atomic E-state index is -1.10. The van der Waals surface area contributed by atoms with E-state index in [-0.39, 0.29) is 41.3 Å². The summed E-state index contributed by atoms with van der Waals surface area (Å²) in [6.07, 6.45) is 19.4. The molecule has 0 spiro atoms. The van der Waals surface area contributed by atoms with Crippen molar-refractivity contribution in [1.29, 1.82) is 0 Å². The number of likely N-dealkylation sites (N-methyl/N-ethyl adjacent to an activating group) is 2. The Labute approximate surface area is 318 Å². The Bertz CT molecular complexity index is 2090. The lowest BCUT2D eigenvalue weighted by atomic mass is 10.0. The first kappa shape index (κ1) is 37.4. The number of rotatable bonds is 8. The highest BCUT2D eigenvalue weighted by Gasteiger charge is 2.42. The normalized spacial score (nSPS) is 20.0. The number of anilines is 4. The van der Waals surface area contributed by atoms with Gasteiger partial charge < -0.3 is 29.4 Å². The highest BCUT2D eigenvalue weighted by molar-refractivity contribution is 6.05. The van der Waals surface area contributed by atoms with Crippen molar-refractivity contribution in [2.24, 2.45) is 0 Å². The monoisotopic (exact) mass is 754 g/mol. The Morgan fingerprint density at radius 1 is 0.709 bits per heavy atom. The van der Waals surface area contributed by atoms with Gasteiger partial charge in [0.1, 0.15) is 36.1 Å². The van der Waals surface area contributed by atoms with Gasteiger partial charge in [0.05, 0.1) is 19.5 Å². The van der Waals surface area contributed by atoms with Crippen LogP contribution in [-0.2, 0) is 14.3 Å². The summed E-state index contributed by atoms with van der Waals surface area (Å²) in [5, 5.41) is 9.08. The van der Waals surface area contributed by atoms with Crippen molar-refractivity contribution < 1.29 is 29.0 Å². The zero-order valence-corrected chi connectivity index (χ0v) is 31.7. The summed E-state index contributed by atoms with van der Waals surface area (Å²) in [6, 6.07) is 0.117. The maximum Gasteiger partial charge on any atom is 0.358 e. The summed E-state index contributed by atoms with van der Waals surface area (Å²) in [5.41, 5.74) is 1.51. The first-order valence-electron chi connectivity index (χ1n) is 18.8. The first-order valence-corrected chi connectivity index (χ1v) is 18.8. The number of carboxylic acid groups (broad SMARTS) is 1. The van der Waals surface area contributed by atoms with Crippen LogP contribution in [0.25, 0.3) is 11.9 Å². The smallest absolute Gasteiger partial charge is 0.358 e. The Balaban J connectivity index is 0.000000169. The maximum atomic E-state index is 12.9. The molecule has 2 atom stereocenters. The third-order valence-electron chi connectivity index (χ3n) is 11.0. The molecule has 0 unspecified atom stereocenters. The average Bonchev–Trinajstić information content (AvgIpc) is 4.05. The number of ether oxygens (including phenoxy) is 1. The lowest BCUT2D eigenvalue weighted by Crippen LogP contribution is -2.55. The minimum absolute atomic E-state index is 0.0593. The molecule has 4 aliphatic rings. The van der Waals surface area contributed by atoms with E-state index in [0.29, 0.717) is 35.7 Å². The van der Waals surface area contributed by atoms with Crippen molar-refractivity contribution >= 4 is 46.8 Å². The van der Waals surface area contributed by atoms with Crippen molar-refractivity contribution in [2.75, 3.05) is 40.8 Å². The molecule has 4 aromatic rings. The molecule has 0 saturated heterocycles. The second-order valence-corrected chi connectivity index (χ2v) is 14.2. The van der Waals surface area contributed by atoms with Gasteiger partial charge in [-0.15, -0.1) is 0 Å². The van der Waals surface area contributed by atoms with Gasteiger partial charge in [0.25, 0.3) is 0 Å². The molecule has 1 N–H and O–H groups in total. The molecule has 0 bridgehead atoms. The van der Waals surface area contributed by atoms with E-state index in [0.717, 1.165) is 56.6 Å². The van der Waals surface area contributed by atoms with Crippen molar-refractivity contribution in [2.45, 2.75) is 102 Å². The molecular weight excluding hydrogens is 708 g/mol. The molecule has 18 nitrogen and oxygen atoms in total. The van der Waals surface area contributed by atoms with E-state index in [1.54, 1.807) is 47.1 Å². The summed E-state index contributed by atoms with van der Waals surface area (Å²) < 4.78 is 7.80. The highest BCUT2D eigenvalue weighted by Crippen LogP contribution is 2.41. The molecule has 4 aromatic heterocycles. The van der Waals surface area contributed by atoms with Crippen molar-refractivity contribution in [3.8, 4) is 11.9 Å². The number of imidazole rings is 2. The molecule has 2 saturated carbocycles. The van der Waals surface area contributed by atoms with Crippen LogP contribution in [-0.4, -0.2) is 113 Å². The molecule has 18 heteroatoms. The average molecular weight is 755 g/mol. The Morgan fingerprint density at radius 2 is 1.13 bits per heavy atom. The zero-order valence-electron chi connectivity index (χ0n) is 31.7. The highest BCUT2D eigenvalue weighted by atomic mass is 16.5. The number of amides is 2. The van der Waals surface area contributed by atoms with Crippen LogP contribution in [0.15, 0.2) is 37.4 Å². The number of carbonyl (C=O) groups excluding carboxylic acids is 3. The number of nitrogens with zero attached hydrogens (tertiary/aromatic N) is 12. The van der Waals surface area contributed by atoms with Crippen LogP contribution >= 0.6 is 0 Å². The van der Waals surface area contributed by atoms with E-state index >= 15 is 0 Å². The Hall–Kier alpha value is -5.94. The fourth-order valence-corrected chi connectivity index (χ4v) is 8.18. The molecule has 2 aliphatic heterocycles. The number of hydrogen-bond acceptors (Lipinski definition) is 13. The Morgan fingerprint density at radius 3 is 1.51 bits per heavy atom. The summed E-state index contributed by atoms with van der Waals surface area (Å²) in [6.45, 7) is 4.05. The minimum Gasteiger partial charge on any atom is -0.476 e. The van der Waals surface area contributed by atoms with E-state index in [2.05, 4.69) is 29.7 Å². The lowest BCUT2D eigenvalue weighted by molar-refractivity contribution is -0.120. The maximum absolute atomic E-state index is 12.9. The first-order chi connectivity index (χ1) is 26.6. The molecule has 8 rings (SSSR count). The van der Waals surface area contributed by atoms with Crippen LogP contribution in [0, 0.1) is 0 Å². The van der Waals surface area contributed by atoms with Crippen LogP contribution in [0.4, 0.5) is 23.0 Å². The number of aromatic nitrogens is 8. The summed E-state index contributed by atoms with van der Waals surface area (Å²) in [4.78, 5) is 82.3. The molecule has 0 radical (unpaired) electrons. The van der Waals surface area contributed by atoms with Gasteiger partial charge in [-0.1, -0.05) is 39.5 Å². The van der Waals surface area contributed by atoms with Crippen molar-refractivity contribution in [3.63, 3.8) is 0 Å². The van der Waals surface area contributed by atoms with Gasteiger partial charge in [0.15, 0.2) is 23.0 Å². The molecule has 2 amide bonds. The molecule has 2 fully saturated rings. The third kappa shape index (κ3) is 6.84. The third-order valence-corrected chi connectivity index (χ3v) is 11.0. The number of fused-ring (bicyclic) bond motifs is 2. The number of aromatic carboxylic acids is 1. The van der Waals surface area contributed by atoms with Crippen LogP contribution in [0.3, 0.4) is 0 Å². The molecule has 290 valence electrons. The second kappa shape index (κ2) is 15.4. The van der Waals surface area contributed by atoms with Gasteiger partial charge in [-0.3, -0.25) is 18.7 Å². The SMILES string of the molecule is CC[C@@H]1C(=O)N(C)c2cnc(-n3cnc(C(=O)O)c3)nc2N1C1CCCC1.CC[C@@H]1C(=O)N(C)c2cnc(-n3cnc(C(=O)OC)c3)nc2N1C1CCCC1. The van der Waals surface area contributed by atoms with Gasteiger partial charge in [-0.05, 0) is 38.5 Å². The van der Waals surface area contributed by atoms with E-state index in [1.165, 1.54) is 43.4 Å². The topological polar surface area (TPSA) is 198 Å². The van der Waals surface area contributed by atoms with E-state index in [9.17, 15) is 19.2 Å². The van der Waals surface area contributed by atoms with Crippen LogP contribution in [0.2, 0.25) is 0 Å². The molecule has 2 aliphatic carbocycles. The van der Waals surface area contributed by atoms with Gasteiger partial charge in [-0.2, -0.15) is 9.97 Å². The van der Waals surface area contributed by atoms with E-state index in [1.807, 2.05) is 13.8 Å². The fraction of sp³-hybridized carbons (Fsp3) is 0.514. The number of carboxylic acids is 1. The van der Waals surface area contributed by atoms with E-state index < -0.39 is 11.9 Å². The predicted octanol–water partition coefficient (Wildman–Crippen LogP) is 3.82. The number of esters is 1. The standard InChI is InChI=1S/C19H24N6O3.C18H22N6O3/c1-4-14-17(26)23(2)15-9-20-19(24-10-13(21-11-24)18(27)28-3)22-16(15)25(14)12-7-5-6-8-12;1-3-13-16(25)22(2)14-8-19-18(23-9-12(17(26)27)20-10-23)21-15(14)24(13)11-6-4-5-7-11/h9-12,14H,4-8H2,1-3H3;8-11,13H,3-7H2,1-2H3,(H,26,27)/t14-;13-/m11/s1. The van der Waals surface area contributed by atoms with Gasteiger partial charge in [-0.25, -0.2) is 29.5 Å². The van der Waals surface area contributed by atoms with E-state index in [4.69, 9.17) is 19.8 Å². The van der Waals surface area contributed by atoms with Crippen LogP contribution in [0.1, 0.15) is 99.0 Å². The zero-order chi connectivity index (χ0) is 39.0. The van der Waals surface area contributed by atoms with Gasteiger partial charge >= 0.3 is 11.9 Å². The second-order valence-electron chi connectivity index (χ2n) is 14.2. The van der Waals surface area contributed by atoms with Crippen molar-refractivity contribution in [3.05, 3.63) is 48.8 Å². The van der Waals surface area contributed by atoms with Crippen LogP contribution in [0.5, 0.6) is 0 Å². The number of carbonyl (C=O) groups is 4. The fourth-order valence-electron chi connectivity index (χ4n) is 8.18. The lowest BCUT2D eigenvalue weighted by Gasteiger charge is -2.43. The number of hydrogen-bond donors (Lipinski definition) is 1. The van der Waals surface area contributed by atoms with Gasteiger partial charge in [0.2, 0.25) is 23.7 Å². The summed E-state index contributed by atoms with van der Waals surface area (Å²) >= 11 is 0. The van der Waals surface area contributed by atoms with Crippen molar-refractivity contribution in [1.82, 2.24) is 39.0 Å². The molecule has 0 aromatic carbocycles. The molecular formula is C37H46N12O6. The largest absolute Gasteiger partial charge is 0.476 e. The predicted molar refractivity (Wildman–Crippen MR) is 201 cm³/mol. The Kier molecular flexibility index (Phi) is 10.5. The van der Waals surface area contributed by atoms with Gasteiger partial charge in [0, 0.05) is 38.6 Å². The van der Waals surface area contributed by atoms with Crippen LogP contribution < -0.4 is 19.6 Å². The number of methoxy groups -OCH3 is 1. The summed E-state index contributed by atoms with van der Waals surface area (Å²) in [7, 11) is 4.83. The molecule has 6 heterocycles.